The summed E-state index contributed by atoms with van der Waals surface area (Å²) in [7, 11) is 0. The smallest absolute Gasteiger partial charge is 0.293 e. The standard InChI is InChI=1S/C18H21N3O3S/c1-11-8-15(16(21(23)24)9-12(11)2)19-18(22)10-20-6-4-17-14(13(20)3)5-7-25-17/h5,7-9,13H,4,6,10H2,1-3H3,(H,19,22)/p+1/t13-/m0/s1. The molecule has 1 aliphatic heterocycles. The Morgan fingerprint density at radius 1 is 1.40 bits per heavy atom. The van der Waals surface area contributed by atoms with Gasteiger partial charge in [-0.3, -0.25) is 14.9 Å². The Bertz CT molecular complexity index is 831. The quantitative estimate of drug-likeness (QED) is 0.649. The largest absolute Gasteiger partial charge is 0.321 e. The van der Waals surface area contributed by atoms with Crippen molar-refractivity contribution in [3.63, 3.8) is 0 Å². The molecule has 0 bridgehead atoms. The Hall–Kier alpha value is -2.25. The molecule has 0 fully saturated rings. The highest BCUT2D eigenvalue weighted by molar-refractivity contribution is 7.10. The van der Waals surface area contributed by atoms with Gasteiger partial charge in [-0.2, -0.15) is 0 Å². The molecule has 1 aromatic heterocycles. The highest BCUT2D eigenvalue weighted by Gasteiger charge is 2.30. The van der Waals surface area contributed by atoms with Crippen molar-refractivity contribution in [1.82, 2.24) is 0 Å². The fourth-order valence-corrected chi connectivity index (χ4v) is 4.32. The summed E-state index contributed by atoms with van der Waals surface area (Å²) in [5.74, 6) is -0.188. The summed E-state index contributed by atoms with van der Waals surface area (Å²) in [5, 5.41) is 16.1. The summed E-state index contributed by atoms with van der Waals surface area (Å²) in [6, 6.07) is 5.59. The molecule has 2 heterocycles. The predicted molar refractivity (Wildman–Crippen MR) is 98.3 cm³/mol. The number of benzene rings is 1. The van der Waals surface area contributed by atoms with Gasteiger partial charge in [0.1, 0.15) is 11.7 Å². The van der Waals surface area contributed by atoms with Crippen LogP contribution >= 0.6 is 11.3 Å². The molecule has 1 amide bonds. The number of carbonyl (C=O) groups excluding carboxylic acids is 1. The minimum Gasteiger partial charge on any atom is -0.321 e. The number of fused-ring (bicyclic) bond motifs is 1. The molecule has 1 aromatic carbocycles. The Morgan fingerprint density at radius 3 is 2.84 bits per heavy atom. The van der Waals surface area contributed by atoms with Crippen molar-refractivity contribution in [2.75, 3.05) is 18.4 Å². The maximum atomic E-state index is 12.5. The molecule has 25 heavy (non-hydrogen) atoms. The normalized spacial score (nSPS) is 19.3. The molecule has 2 aromatic rings. The van der Waals surface area contributed by atoms with Crippen molar-refractivity contribution >= 4 is 28.6 Å². The van der Waals surface area contributed by atoms with Gasteiger partial charge in [0.2, 0.25) is 0 Å². The van der Waals surface area contributed by atoms with E-state index in [4.69, 9.17) is 0 Å². The Balaban J connectivity index is 1.73. The van der Waals surface area contributed by atoms with Gasteiger partial charge in [-0.05, 0) is 49.4 Å². The topological polar surface area (TPSA) is 76.7 Å². The van der Waals surface area contributed by atoms with Gasteiger partial charge < -0.3 is 10.2 Å². The lowest BCUT2D eigenvalue weighted by Gasteiger charge is -2.29. The molecule has 0 saturated carbocycles. The molecule has 2 atom stereocenters. The Morgan fingerprint density at radius 2 is 2.12 bits per heavy atom. The van der Waals surface area contributed by atoms with Gasteiger partial charge in [-0.25, -0.2) is 0 Å². The summed E-state index contributed by atoms with van der Waals surface area (Å²) in [5.41, 5.74) is 3.29. The zero-order chi connectivity index (χ0) is 18.1. The number of nitro groups is 1. The van der Waals surface area contributed by atoms with Gasteiger partial charge in [0, 0.05) is 22.9 Å². The van der Waals surface area contributed by atoms with Gasteiger partial charge in [0.15, 0.2) is 6.54 Å². The van der Waals surface area contributed by atoms with E-state index in [0.29, 0.717) is 6.54 Å². The molecule has 0 spiro atoms. The fourth-order valence-electron chi connectivity index (χ4n) is 3.34. The van der Waals surface area contributed by atoms with E-state index in [0.717, 1.165) is 24.1 Å². The van der Waals surface area contributed by atoms with E-state index in [1.807, 2.05) is 13.8 Å². The highest BCUT2D eigenvalue weighted by atomic mass is 32.1. The van der Waals surface area contributed by atoms with Gasteiger partial charge in [-0.1, -0.05) is 0 Å². The molecule has 1 unspecified atom stereocenters. The first-order chi connectivity index (χ1) is 11.9. The van der Waals surface area contributed by atoms with Crippen LogP contribution in [0, 0.1) is 24.0 Å². The Labute approximate surface area is 150 Å². The van der Waals surface area contributed by atoms with Crippen molar-refractivity contribution in [1.29, 1.82) is 0 Å². The predicted octanol–water partition coefficient (Wildman–Crippen LogP) is 2.41. The number of aryl methyl sites for hydroxylation is 2. The zero-order valence-corrected chi connectivity index (χ0v) is 15.4. The first kappa shape index (κ1) is 17.6. The monoisotopic (exact) mass is 360 g/mol. The van der Waals surface area contributed by atoms with Crippen LogP contribution in [0.2, 0.25) is 0 Å². The first-order valence-corrected chi connectivity index (χ1v) is 9.21. The van der Waals surface area contributed by atoms with Crippen LogP contribution in [0.5, 0.6) is 0 Å². The van der Waals surface area contributed by atoms with Crippen LogP contribution in [0.3, 0.4) is 0 Å². The molecule has 7 heteroatoms. The van der Waals surface area contributed by atoms with Crippen LogP contribution < -0.4 is 10.2 Å². The third-order valence-electron chi connectivity index (χ3n) is 5.00. The number of thiophene rings is 1. The number of rotatable bonds is 4. The third-order valence-corrected chi connectivity index (χ3v) is 6.00. The van der Waals surface area contributed by atoms with Crippen LogP contribution in [-0.4, -0.2) is 23.9 Å². The number of carbonyl (C=O) groups is 1. The summed E-state index contributed by atoms with van der Waals surface area (Å²) in [6.45, 7) is 7.04. The number of anilines is 1. The van der Waals surface area contributed by atoms with Gasteiger partial charge >= 0.3 is 0 Å². The summed E-state index contributed by atoms with van der Waals surface area (Å²) in [6.07, 6.45) is 0.976. The SMILES string of the molecule is Cc1cc(NC(=O)C[NH+]2CCc3sccc3[C@@H]2C)c([N+](=O)[O-])cc1C. The lowest BCUT2D eigenvalue weighted by molar-refractivity contribution is -0.923. The Kier molecular flexibility index (Phi) is 4.87. The average Bonchev–Trinajstić information content (AvgIpc) is 3.02. The molecule has 0 aliphatic carbocycles. The zero-order valence-electron chi connectivity index (χ0n) is 14.6. The van der Waals surface area contributed by atoms with Crippen LogP contribution in [0.1, 0.15) is 34.5 Å². The van der Waals surface area contributed by atoms with Crippen LogP contribution in [0.25, 0.3) is 0 Å². The fraction of sp³-hybridized carbons (Fsp3) is 0.389. The van der Waals surface area contributed by atoms with Crippen LogP contribution in [0.15, 0.2) is 23.6 Å². The van der Waals surface area contributed by atoms with E-state index in [1.165, 1.54) is 21.4 Å². The van der Waals surface area contributed by atoms with E-state index in [9.17, 15) is 14.9 Å². The number of hydrogen-bond acceptors (Lipinski definition) is 4. The van der Waals surface area contributed by atoms with Gasteiger partial charge in [-0.15, -0.1) is 11.3 Å². The number of nitro benzene ring substituents is 1. The minimum absolute atomic E-state index is 0.0572. The first-order valence-electron chi connectivity index (χ1n) is 8.33. The van der Waals surface area contributed by atoms with E-state index in [1.54, 1.807) is 17.4 Å². The van der Waals surface area contributed by atoms with Crippen molar-refractivity contribution in [3.8, 4) is 0 Å². The van der Waals surface area contributed by atoms with Crippen LogP contribution in [0.4, 0.5) is 11.4 Å². The number of nitrogens with zero attached hydrogens (tertiary/aromatic N) is 1. The van der Waals surface area contributed by atoms with Crippen molar-refractivity contribution in [2.45, 2.75) is 33.2 Å². The molecule has 6 nitrogen and oxygen atoms in total. The van der Waals surface area contributed by atoms with Crippen LogP contribution in [-0.2, 0) is 11.2 Å². The van der Waals surface area contributed by atoms with E-state index < -0.39 is 4.92 Å². The second-order valence-corrected chi connectivity index (χ2v) is 7.62. The molecule has 132 valence electrons. The second kappa shape index (κ2) is 6.93. The minimum atomic E-state index is -0.448. The molecule has 2 N–H and O–H groups in total. The summed E-state index contributed by atoms with van der Waals surface area (Å²) >= 11 is 1.77. The molecular formula is C18H22N3O3S+. The third kappa shape index (κ3) is 3.57. The molecule has 0 radical (unpaired) electrons. The van der Waals surface area contributed by atoms with E-state index in [-0.39, 0.29) is 23.3 Å². The maximum Gasteiger partial charge on any atom is 0.293 e. The van der Waals surface area contributed by atoms with Crippen molar-refractivity contribution < 1.29 is 14.6 Å². The van der Waals surface area contributed by atoms with E-state index >= 15 is 0 Å². The highest BCUT2D eigenvalue weighted by Crippen LogP contribution is 2.28. The molecule has 0 saturated heterocycles. The average molecular weight is 360 g/mol. The van der Waals surface area contributed by atoms with Crippen molar-refractivity contribution in [2.24, 2.45) is 0 Å². The van der Waals surface area contributed by atoms with Gasteiger partial charge in [0.05, 0.1) is 11.5 Å². The molecular weight excluding hydrogens is 338 g/mol. The lowest BCUT2D eigenvalue weighted by atomic mass is 10.0. The van der Waals surface area contributed by atoms with Gasteiger partial charge in [0.25, 0.3) is 11.6 Å². The van der Waals surface area contributed by atoms with E-state index in [2.05, 4.69) is 23.7 Å². The van der Waals surface area contributed by atoms with Crippen molar-refractivity contribution in [3.05, 3.63) is 55.3 Å². The molecule has 3 rings (SSSR count). The number of hydrogen-bond donors (Lipinski definition) is 2. The molecule has 1 aliphatic rings. The number of nitrogens with one attached hydrogen (secondary N) is 2. The second-order valence-electron chi connectivity index (χ2n) is 6.61. The summed E-state index contributed by atoms with van der Waals surface area (Å²) < 4.78 is 0. The lowest BCUT2D eigenvalue weighted by Crippen LogP contribution is -3.14. The maximum absolute atomic E-state index is 12.5. The summed E-state index contributed by atoms with van der Waals surface area (Å²) in [4.78, 5) is 25.9. The number of amides is 1. The number of quaternary nitrogens is 1.